The highest BCUT2D eigenvalue weighted by molar-refractivity contribution is 5.95. The van der Waals surface area contributed by atoms with Crippen molar-refractivity contribution in [3.05, 3.63) is 29.3 Å². The first-order valence-electron chi connectivity index (χ1n) is 6.15. The lowest BCUT2D eigenvalue weighted by Crippen LogP contribution is -2.25. The number of nitrogens with one attached hydrogen (secondary N) is 1. The Balaban J connectivity index is 2.47. The predicted octanol–water partition coefficient (Wildman–Crippen LogP) is 2.74. The number of carbonyl (C=O) groups is 1. The van der Waals surface area contributed by atoms with Crippen molar-refractivity contribution < 1.29 is 4.79 Å². The zero-order valence-electron chi connectivity index (χ0n) is 10.9. The Morgan fingerprint density at radius 3 is 2.71 bits per heavy atom. The average Bonchev–Trinajstić information content (AvgIpc) is 2.23. The van der Waals surface area contributed by atoms with Crippen molar-refractivity contribution in [2.45, 2.75) is 33.6 Å². The van der Waals surface area contributed by atoms with E-state index in [-0.39, 0.29) is 5.91 Å². The number of rotatable bonds is 5. The third-order valence-electron chi connectivity index (χ3n) is 2.74. The number of carbonyl (C=O) groups excluding carboxylic acids is 1. The summed E-state index contributed by atoms with van der Waals surface area (Å²) in [6.45, 7) is 7.01. The van der Waals surface area contributed by atoms with Crippen LogP contribution in [-0.2, 0) is 0 Å². The summed E-state index contributed by atoms with van der Waals surface area (Å²) in [4.78, 5) is 11.9. The van der Waals surface area contributed by atoms with E-state index in [1.165, 1.54) is 0 Å². The quantitative estimate of drug-likeness (QED) is 0.608. The molecule has 0 fully saturated rings. The van der Waals surface area contributed by atoms with E-state index >= 15 is 0 Å². The molecule has 0 unspecified atom stereocenters. The molecule has 0 aliphatic heterocycles. The Bertz CT molecular complexity index is 386. The predicted molar refractivity (Wildman–Crippen MR) is 72.0 cm³/mol. The van der Waals surface area contributed by atoms with Gasteiger partial charge in [-0.05, 0) is 49.4 Å². The zero-order chi connectivity index (χ0) is 12.8. The highest BCUT2D eigenvalue weighted by Gasteiger charge is 2.08. The fourth-order valence-corrected chi connectivity index (χ4v) is 1.75. The second-order valence-corrected chi connectivity index (χ2v) is 4.87. The van der Waals surface area contributed by atoms with Crippen LogP contribution in [0.5, 0.6) is 0 Å². The van der Waals surface area contributed by atoms with Gasteiger partial charge in [0.25, 0.3) is 5.91 Å². The van der Waals surface area contributed by atoms with Gasteiger partial charge in [0, 0.05) is 17.8 Å². The van der Waals surface area contributed by atoms with Crippen LogP contribution >= 0.6 is 0 Å². The Hall–Kier alpha value is -1.51. The van der Waals surface area contributed by atoms with Gasteiger partial charge in [-0.3, -0.25) is 4.79 Å². The number of anilines is 1. The van der Waals surface area contributed by atoms with Crippen LogP contribution in [0.2, 0.25) is 0 Å². The monoisotopic (exact) mass is 234 g/mol. The van der Waals surface area contributed by atoms with Crippen LogP contribution in [0, 0.1) is 12.8 Å². The van der Waals surface area contributed by atoms with Gasteiger partial charge in [0.1, 0.15) is 0 Å². The van der Waals surface area contributed by atoms with Gasteiger partial charge >= 0.3 is 0 Å². The van der Waals surface area contributed by atoms with Crippen LogP contribution in [-0.4, -0.2) is 12.5 Å². The zero-order valence-corrected chi connectivity index (χ0v) is 10.9. The number of hydrogen-bond acceptors (Lipinski definition) is 2. The number of nitrogens with two attached hydrogens (primary N) is 1. The smallest absolute Gasteiger partial charge is 0.251 e. The number of amides is 1. The molecule has 0 saturated heterocycles. The van der Waals surface area contributed by atoms with Crippen molar-refractivity contribution in [1.29, 1.82) is 0 Å². The van der Waals surface area contributed by atoms with E-state index in [9.17, 15) is 4.79 Å². The Labute approximate surface area is 103 Å². The minimum Gasteiger partial charge on any atom is -0.399 e. The van der Waals surface area contributed by atoms with Gasteiger partial charge in [-0.25, -0.2) is 0 Å². The summed E-state index contributed by atoms with van der Waals surface area (Å²) in [6, 6.07) is 5.36. The molecule has 3 nitrogen and oxygen atoms in total. The Morgan fingerprint density at radius 2 is 2.12 bits per heavy atom. The van der Waals surface area contributed by atoms with Gasteiger partial charge in [0.2, 0.25) is 0 Å². The minimum absolute atomic E-state index is 0.00810. The van der Waals surface area contributed by atoms with Crippen molar-refractivity contribution in [3.63, 3.8) is 0 Å². The highest BCUT2D eigenvalue weighted by atomic mass is 16.1. The van der Waals surface area contributed by atoms with Crippen molar-refractivity contribution >= 4 is 11.6 Å². The largest absolute Gasteiger partial charge is 0.399 e. The van der Waals surface area contributed by atoms with Crippen molar-refractivity contribution in [2.75, 3.05) is 12.3 Å². The lowest BCUT2D eigenvalue weighted by Gasteiger charge is -2.09. The van der Waals surface area contributed by atoms with E-state index in [1.54, 1.807) is 12.1 Å². The summed E-state index contributed by atoms with van der Waals surface area (Å²) in [5.74, 6) is 0.677. The third-order valence-corrected chi connectivity index (χ3v) is 2.74. The number of hydrogen-bond donors (Lipinski definition) is 2. The molecule has 1 aromatic rings. The molecule has 17 heavy (non-hydrogen) atoms. The molecule has 1 amide bonds. The van der Waals surface area contributed by atoms with Gasteiger partial charge in [-0.2, -0.15) is 0 Å². The second kappa shape index (κ2) is 6.28. The van der Waals surface area contributed by atoms with Crippen LogP contribution in [0.3, 0.4) is 0 Å². The lowest BCUT2D eigenvalue weighted by molar-refractivity contribution is 0.0952. The molecule has 0 spiro atoms. The normalized spacial score (nSPS) is 10.6. The van der Waals surface area contributed by atoms with Gasteiger partial charge < -0.3 is 11.1 Å². The molecule has 3 N–H and O–H groups in total. The standard InChI is InChI=1S/C14H22N2O/c1-10(2)5-4-8-16-14(17)13-7-6-12(15)9-11(13)3/h6-7,9-10H,4-5,8,15H2,1-3H3,(H,16,17). The van der Waals surface area contributed by atoms with Crippen molar-refractivity contribution in [1.82, 2.24) is 5.32 Å². The summed E-state index contributed by atoms with van der Waals surface area (Å²) in [5.41, 5.74) is 7.98. The molecule has 0 atom stereocenters. The maximum atomic E-state index is 11.9. The van der Waals surface area contributed by atoms with Crippen molar-refractivity contribution in [3.8, 4) is 0 Å². The first kappa shape index (κ1) is 13.6. The minimum atomic E-state index is -0.00810. The van der Waals surface area contributed by atoms with Crippen LogP contribution < -0.4 is 11.1 Å². The molecule has 1 aromatic carbocycles. The van der Waals surface area contributed by atoms with Gasteiger partial charge in [-0.1, -0.05) is 13.8 Å². The summed E-state index contributed by atoms with van der Waals surface area (Å²) in [5, 5.41) is 2.93. The maximum Gasteiger partial charge on any atom is 0.251 e. The molecule has 1 rings (SSSR count). The molecular weight excluding hydrogens is 212 g/mol. The molecular formula is C14H22N2O. The second-order valence-electron chi connectivity index (χ2n) is 4.87. The topological polar surface area (TPSA) is 55.1 Å². The van der Waals surface area contributed by atoms with Crippen LogP contribution in [0.4, 0.5) is 5.69 Å². The lowest BCUT2D eigenvalue weighted by atomic mass is 10.1. The van der Waals surface area contributed by atoms with Crippen LogP contribution in [0.15, 0.2) is 18.2 Å². The highest BCUT2D eigenvalue weighted by Crippen LogP contribution is 2.12. The molecule has 0 radical (unpaired) electrons. The molecule has 0 aliphatic carbocycles. The van der Waals surface area contributed by atoms with Gasteiger partial charge in [0.15, 0.2) is 0 Å². The molecule has 0 bridgehead atoms. The molecule has 3 heteroatoms. The number of benzene rings is 1. The summed E-state index contributed by atoms with van der Waals surface area (Å²) in [7, 11) is 0. The fraction of sp³-hybridized carbons (Fsp3) is 0.500. The molecule has 94 valence electrons. The Morgan fingerprint density at radius 1 is 1.41 bits per heavy atom. The van der Waals surface area contributed by atoms with E-state index in [0.717, 1.165) is 24.9 Å². The van der Waals surface area contributed by atoms with Crippen molar-refractivity contribution in [2.24, 2.45) is 5.92 Å². The summed E-state index contributed by atoms with van der Waals surface area (Å²) < 4.78 is 0. The fourth-order valence-electron chi connectivity index (χ4n) is 1.75. The summed E-state index contributed by atoms with van der Waals surface area (Å²) >= 11 is 0. The molecule has 0 saturated carbocycles. The van der Waals surface area contributed by atoms with E-state index in [4.69, 9.17) is 5.73 Å². The maximum absolute atomic E-state index is 11.9. The Kier molecular flexibility index (Phi) is 5.01. The van der Waals surface area contributed by atoms with E-state index in [0.29, 0.717) is 17.2 Å². The SMILES string of the molecule is Cc1cc(N)ccc1C(=O)NCCCC(C)C. The first-order chi connectivity index (χ1) is 8.00. The third kappa shape index (κ3) is 4.47. The number of nitrogen functional groups attached to an aromatic ring is 1. The molecule has 0 aromatic heterocycles. The van der Waals surface area contributed by atoms with Crippen LogP contribution in [0.25, 0.3) is 0 Å². The summed E-state index contributed by atoms with van der Waals surface area (Å²) in [6.07, 6.45) is 2.17. The number of aryl methyl sites for hydroxylation is 1. The first-order valence-corrected chi connectivity index (χ1v) is 6.15. The molecule has 0 aliphatic rings. The average molecular weight is 234 g/mol. The van der Waals surface area contributed by atoms with Gasteiger partial charge in [-0.15, -0.1) is 0 Å². The van der Waals surface area contributed by atoms with E-state index < -0.39 is 0 Å². The van der Waals surface area contributed by atoms with Crippen LogP contribution in [0.1, 0.15) is 42.6 Å². The molecule has 0 heterocycles. The van der Waals surface area contributed by atoms with E-state index in [2.05, 4.69) is 19.2 Å². The van der Waals surface area contributed by atoms with E-state index in [1.807, 2.05) is 13.0 Å². The van der Waals surface area contributed by atoms with Gasteiger partial charge in [0.05, 0.1) is 0 Å².